The second-order valence-corrected chi connectivity index (χ2v) is 4.70. The SMILES string of the molecule is Nc1cccc(CCC(=O)Cc2cc(F)ccc2F)c1. The van der Waals surface area contributed by atoms with Crippen molar-refractivity contribution in [3.05, 3.63) is 65.2 Å². The van der Waals surface area contributed by atoms with E-state index < -0.39 is 11.6 Å². The van der Waals surface area contributed by atoms with Gasteiger partial charge in [-0.1, -0.05) is 12.1 Å². The lowest BCUT2D eigenvalue weighted by atomic mass is 10.0. The Balaban J connectivity index is 1.94. The van der Waals surface area contributed by atoms with Gasteiger partial charge in [-0.3, -0.25) is 4.79 Å². The highest BCUT2D eigenvalue weighted by Crippen LogP contribution is 2.13. The van der Waals surface area contributed by atoms with Crippen molar-refractivity contribution < 1.29 is 13.6 Å². The van der Waals surface area contributed by atoms with Gasteiger partial charge in [0.25, 0.3) is 0 Å². The van der Waals surface area contributed by atoms with Crippen LogP contribution in [0.4, 0.5) is 14.5 Å². The predicted molar refractivity (Wildman–Crippen MR) is 74.2 cm³/mol. The summed E-state index contributed by atoms with van der Waals surface area (Å²) < 4.78 is 26.4. The number of hydrogen-bond acceptors (Lipinski definition) is 2. The Morgan fingerprint density at radius 2 is 1.90 bits per heavy atom. The van der Waals surface area contributed by atoms with Crippen molar-refractivity contribution in [2.75, 3.05) is 5.73 Å². The molecule has 0 radical (unpaired) electrons. The molecule has 0 bridgehead atoms. The fourth-order valence-corrected chi connectivity index (χ4v) is 2.01. The van der Waals surface area contributed by atoms with Gasteiger partial charge in [0.15, 0.2) is 0 Å². The zero-order valence-electron chi connectivity index (χ0n) is 10.9. The first-order valence-corrected chi connectivity index (χ1v) is 6.34. The molecule has 0 fully saturated rings. The highest BCUT2D eigenvalue weighted by Gasteiger charge is 2.09. The third kappa shape index (κ3) is 3.88. The van der Waals surface area contributed by atoms with Crippen LogP contribution in [0, 0.1) is 11.6 Å². The lowest BCUT2D eigenvalue weighted by Gasteiger charge is -2.04. The number of carbonyl (C=O) groups is 1. The Morgan fingerprint density at radius 3 is 2.65 bits per heavy atom. The molecule has 2 nitrogen and oxygen atoms in total. The Morgan fingerprint density at radius 1 is 1.10 bits per heavy atom. The number of benzene rings is 2. The van der Waals surface area contributed by atoms with Gasteiger partial charge >= 0.3 is 0 Å². The van der Waals surface area contributed by atoms with E-state index in [1.165, 1.54) is 0 Å². The van der Waals surface area contributed by atoms with Crippen molar-refractivity contribution in [2.24, 2.45) is 0 Å². The molecule has 2 aromatic carbocycles. The summed E-state index contributed by atoms with van der Waals surface area (Å²) in [6.07, 6.45) is 0.728. The maximum absolute atomic E-state index is 13.4. The number of nitrogens with two attached hydrogens (primary N) is 1. The normalized spacial score (nSPS) is 10.5. The molecule has 104 valence electrons. The zero-order chi connectivity index (χ0) is 14.5. The summed E-state index contributed by atoms with van der Waals surface area (Å²) in [6.45, 7) is 0. The summed E-state index contributed by atoms with van der Waals surface area (Å²) in [6, 6.07) is 10.4. The van der Waals surface area contributed by atoms with Gasteiger partial charge in [-0.05, 0) is 47.9 Å². The smallest absolute Gasteiger partial charge is 0.137 e. The van der Waals surface area contributed by atoms with E-state index in [0.29, 0.717) is 12.1 Å². The summed E-state index contributed by atoms with van der Waals surface area (Å²) in [5, 5.41) is 0. The molecule has 0 amide bonds. The van der Waals surface area contributed by atoms with Crippen LogP contribution in [0.1, 0.15) is 17.5 Å². The predicted octanol–water partition coefficient (Wildman–Crippen LogP) is 3.29. The molecule has 4 heteroatoms. The number of carbonyl (C=O) groups excluding carboxylic acids is 1. The quantitative estimate of drug-likeness (QED) is 0.851. The molecule has 0 saturated heterocycles. The number of nitrogen functional groups attached to an aromatic ring is 1. The van der Waals surface area contributed by atoms with E-state index in [4.69, 9.17) is 5.73 Å². The molecule has 20 heavy (non-hydrogen) atoms. The van der Waals surface area contributed by atoms with E-state index in [0.717, 1.165) is 23.8 Å². The first kappa shape index (κ1) is 14.2. The third-order valence-electron chi connectivity index (χ3n) is 3.04. The number of hydrogen-bond donors (Lipinski definition) is 1. The fraction of sp³-hybridized carbons (Fsp3) is 0.188. The maximum atomic E-state index is 13.4. The van der Waals surface area contributed by atoms with Crippen molar-refractivity contribution in [3.8, 4) is 0 Å². The Kier molecular flexibility index (Phi) is 4.45. The molecule has 0 atom stereocenters. The van der Waals surface area contributed by atoms with Crippen molar-refractivity contribution in [3.63, 3.8) is 0 Å². The van der Waals surface area contributed by atoms with E-state index in [2.05, 4.69) is 0 Å². The fourth-order valence-electron chi connectivity index (χ4n) is 2.01. The molecule has 0 saturated carbocycles. The molecule has 2 rings (SSSR count). The lowest BCUT2D eigenvalue weighted by Crippen LogP contribution is -2.06. The molecule has 0 heterocycles. The van der Waals surface area contributed by atoms with Gasteiger partial charge in [0.1, 0.15) is 17.4 Å². The summed E-state index contributed by atoms with van der Waals surface area (Å²) in [4.78, 5) is 11.8. The number of anilines is 1. The van der Waals surface area contributed by atoms with E-state index in [1.54, 1.807) is 12.1 Å². The van der Waals surface area contributed by atoms with E-state index in [9.17, 15) is 13.6 Å². The van der Waals surface area contributed by atoms with Crippen LogP contribution in [0.2, 0.25) is 0 Å². The average Bonchev–Trinajstić information content (AvgIpc) is 2.41. The first-order chi connectivity index (χ1) is 9.54. The summed E-state index contributed by atoms with van der Waals surface area (Å²) in [5.41, 5.74) is 7.35. The second-order valence-electron chi connectivity index (χ2n) is 4.70. The standard InChI is InChI=1S/C16H15F2NO/c17-13-5-7-16(18)12(9-13)10-15(20)6-4-11-2-1-3-14(19)8-11/h1-3,5,7-9H,4,6,10,19H2. The van der Waals surface area contributed by atoms with Crippen LogP contribution >= 0.6 is 0 Å². The molecule has 2 N–H and O–H groups in total. The molecular weight excluding hydrogens is 260 g/mol. The van der Waals surface area contributed by atoms with Crippen LogP contribution in [-0.2, 0) is 17.6 Å². The first-order valence-electron chi connectivity index (χ1n) is 6.34. The van der Waals surface area contributed by atoms with Crippen LogP contribution in [-0.4, -0.2) is 5.78 Å². The maximum Gasteiger partial charge on any atom is 0.137 e. The van der Waals surface area contributed by atoms with E-state index in [-0.39, 0.29) is 24.2 Å². The molecule has 0 spiro atoms. The topological polar surface area (TPSA) is 43.1 Å². The highest BCUT2D eigenvalue weighted by atomic mass is 19.1. The minimum atomic E-state index is -0.552. The number of halogens is 2. The van der Waals surface area contributed by atoms with E-state index in [1.807, 2.05) is 12.1 Å². The molecule has 2 aromatic rings. The molecule has 0 aliphatic carbocycles. The number of rotatable bonds is 5. The van der Waals surface area contributed by atoms with Gasteiger partial charge in [-0.15, -0.1) is 0 Å². The minimum Gasteiger partial charge on any atom is -0.399 e. The molecule has 0 aromatic heterocycles. The van der Waals surface area contributed by atoms with Crippen LogP contribution in [0.15, 0.2) is 42.5 Å². The molecule has 0 unspecified atom stereocenters. The van der Waals surface area contributed by atoms with Crippen molar-refractivity contribution in [1.29, 1.82) is 0 Å². The molecule has 0 aliphatic heterocycles. The summed E-state index contributed by atoms with van der Waals surface area (Å²) >= 11 is 0. The highest BCUT2D eigenvalue weighted by molar-refractivity contribution is 5.81. The van der Waals surface area contributed by atoms with Crippen molar-refractivity contribution in [2.45, 2.75) is 19.3 Å². The minimum absolute atomic E-state index is 0.0914. The Hall–Kier alpha value is -2.23. The Labute approximate surface area is 116 Å². The number of Topliss-reactive ketones (excluding diaryl/α,β-unsaturated/α-hetero) is 1. The van der Waals surface area contributed by atoms with E-state index >= 15 is 0 Å². The van der Waals surface area contributed by atoms with Crippen LogP contribution in [0.3, 0.4) is 0 Å². The monoisotopic (exact) mass is 275 g/mol. The zero-order valence-corrected chi connectivity index (χ0v) is 10.9. The number of ketones is 1. The largest absolute Gasteiger partial charge is 0.399 e. The number of aryl methyl sites for hydroxylation is 1. The van der Waals surface area contributed by atoms with Crippen LogP contribution in [0.25, 0.3) is 0 Å². The van der Waals surface area contributed by atoms with Gasteiger partial charge in [-0.25, -0.2) is 8.78 Å². The van der Waals surface area contributed by atoms with Gasteiger partial charge in [0.2, 0.25) is 0 Å². The van der Waals surface area contributed by atoms with Crippen LogP contribution in [0.5, 0.6) is 0 Å². The van der Waals surface area contributed by atoms with Crippen LogP contribution < -0.4 is 5.73 Å². The average molecular weight is 275 g/mol. The van der Waals surface area contributed by atoms with Crippen molar-refractivity contribution >= 4 is 11.5 Å². The molecule has 0 aliphatic rings. The van der Waals surface area contributed by atoms with Gasteiger partial charge in [0.05, 0.1) is 0 Å². The van der Waals surface area contributed by atoms with Crippen molar-refractivity contribution in [1.82, 2.24) is 0 Å². The van der Waals surface area contributed by atoms with Gasteiger partial charge in [0, 0.05) is 18.5 Å². The lowest BCUT2D eigenvalue weighted by molar-refractivity contribution is -0.118. The third-order valence-corrected chi connectivity index (χ3v) is 3.04. The van der Waals surface area contributed by atoms with Gasteiger partial charge < -0.3 is 5.73 Å². The summed E-state index contributed by atoms with van der Waals surface area (Å²) in [7, 11) is 0. The second kappa shape index (κ2) is 6.28. The molecular formula is C16H15F2NO. The summed E-state index contributed by atoms with van der Waals surface area (Å²) in [5.74, 6) is -1.22. The van der Waals surface area contributed by atoms with Gasteiger partial charge in [-0.2, -0.15) is 0 Å². The Bertz CT molecular complexity index is 626.